The highest BCUT2D eigenvalue weighted by atomic mass is 19.1. The molecule has 1 heteroatoms. The van der Waals surface area contributed by atoms with E-state index in [0.29, 0.717) is 6.33 Å². The Labute approximate surface area is 116 Å². The van der Waals surface area contributed by atoms with Gasteiger partial charge < -0.3 is 0 Å². The van der Waals surface area contributed by atoms with Gasteiger partial charge in [-0.05, 0) is 56.0 Å². The highest BCUT2D eigenvalue weighted by Crippen LogP contribution is 2.15. The van der Waals surface area contributed by atoms with Gasteiger partial charge in [-0.25, -0.2) is 4.39 Å². The number of hydrogen-bond acceptors (Lipinski definition) is 0. The van der Waals surface area contributed by atoms with E-state index in [9.17, 15) is 4.39 Å². The van der Waals surface area contributed by atoms with Crippen LogP contribution in [0.15, 0.2) is 72.6 Å². The maximum absolute atomic E-state index is 10.7. The van der Waals surface area contributed by atoms with Gasteiger partial charge in [0.15, 0.2) is 0 Å². The lowest BCUT2D eigenvalue weighted by Gasteiger charge is -2.04. The number of rotatable bonds is 1. The maximum Gasteiger partial charge on any atom is 0.0866 e. The van der Waals surface area contributed by atoms with Crippen LogP contribution in [-0.2, 0) is 0 Å². The molecule has 0 aliphatic heterocycles. The molecule has 0 heterocycles. The first kappa shape index (κ1) is 17.1. The van der Waals surface area contributed by atoms with Crippen molar-refractivity contribution in [3.05, 3.63) is 83.8 Å². The van der Waals surface area contributed by atoms with Crippen molar-refractivity contribution >= 4 is 0 Å². The number of allylic oxidation sites excluding steroid dienone is 6. The smallest absolute Gasteiger partial charge is 0.0866 e. The Hall–Kier alpha value is -1.89. The molecular weight excluding hydrogens is 235 g/mol. The van der Waals surface area contributed by atoms with E-state index in [-0.39, 0.29) is 0 Å². The molecule has 19 heavy (non-hydrogen) atoms. The minimum absolute atomic E-state index is 0.438. The van der Waals surface area contributed by atoms with Crippen molar-refractivity contribution in [2.75, 3.05) is 0 Å². The van der Waals surface area contributed by atoms with Crippen LogP contribution in [-0.4, -0.2) is 0 Å². The number of aryl methyl sites for hydroxylation is 2. The molecule has 0 bridgehead atoms. The second kappa shape index (κ2) is 10.1. The number of benzene rings is 1. The summed E-state index contributed by atoms with van der Waals surface area (Å²) in [6.45, 7) is 11.7. The van der Waals surface area contributed by atoms with Crippen molar-refractivity contribution in [3.8, 4) is 0 Å². The van der Waals surface area contributed by atoms with E-state index in [1.807, 2.05) is 0 Å². The van der Waals surface area contributed by atoms with Gasteiger partial charge in [0, 0.05) is 0 Å². The second-order valence-electron chi connectivity index (χ2n) is 4.34. The van der Waals surface area contributed by atoms with Gasteiger partial charge in [0.05, 0.1) is 6.33 Å². The minimum Gasteiger partial charge on any atom is -0.216 e. The average molecular weight is 258 g/mol. The predicted molar refractivity (Wildman–Crippen MR) is 83.9 cm³/mol. The fraction of sp³-hybridized carbons (Fsp3) is 0.222. The first-order chi connectivity index (χ1) is 9.02. The number of hydrogen-bond donors (Lipinski definition) is 0. The van der Waals surface area contributed by atoms with E-state index in [1.54, 1.807) is 0 Å². The summed E-state index contributed by atoms with van der Waals surface area (Å²) in [6, 6.07) is 8.36. The molecule has 0 saturated heterocycles. The molecule has 102 valence electrons. The molecule has 0 unspecified atom stereocenters. The maximum atomic E-state index is 10.7. The van der Waals surface area contributed by atoms with Crippen LogP contribution >= 0.6 is 0 Å². The van der Waals surface area contributed by atoms with Gasteiger partial charge in [0.25, 0.3) is 0 Å². The zero-order valence-electron chi connectivity index (χ0n) is 12.3. The zero-order valence-corrected chi connectivity index (χ0v) is 12.3. The van der Waals surface area contributed by atoms with E-state index in [0.717, 1.165) is 0 Å². The summed E-state index contributed by atoms with van der Waals surface area (Å²) in [4.78, 5) is 0. The van der Waals surface area contributed by atoms with E-state index in [4.69, 9.17) is 0 Å². The van der Waals surface area contributed by atoms with Crippen molar-refractivity contribution in [2.24, 2.45) is 0 Å². The molecule has 2 rings (SSSR count). The first-order valence-electron chi connectivity index (χ1n) is 6.28. The first-order valence-corrected chi connectivity index (χ1v) is 6.28. The molecule has 0 N–H and O–H groups in total. The average Bonchev–Trinajstić information content (AvgIpc) is 2.42. The lowest BCUT2D eigenvalue weighted by Crippen LogP contribution is -1.83. The fourth-order valence-electron chi connectivity index (χ4n) is 1.13. The molecule has 1 aromatic rings. The van der Waals surface area contributed by atoms with Gasteiger partial charge in [-0.1, -0.05) is 49.1 Å². The van der Waals surface area contributed by atoms with Gasteiger partial charge in [0.1, 0.15) is 0 Å². The van der Waals surface area contributed by atoms with Crippen LogP contribution < -0.4 is 0 Å². The van der Waals surface area contributed by atoms with Crippen LogP contribution in [0.4, 0.5) is 4.39 Å². The summed E-state index contributed by atoms with van der Waals surface area (Å²) in [5.41, 5.74) is 5.59. The van der Waals surface area contributed by atoms with Gasteiger partial charge in [0.2, 0.25) is 0 Å². The van der Waals surface area contributed by atoms with Crippen molar-refractivity contribution in [2.45, 2.75) is 27.7 Å². The standard InChI is InChI=1S/C8H10.C6H8.C4H5F/c1-7-5-3-4-6-8(7)2;1-5-3-4-6(5)2;1-2-3-4-5/h3-6H,1-2H3;3-4H,1-2H3;2-4H,1H2/b;;4-3-. The summed E-state index contributed by atoms with van der Waals surface area (Å²) in [5.74, 6) is 0. The Morgan fingerprint density at radius 1 is 0.895 bits per heavy atom. The van der Waals surface area contributed by atoms with Gasteiger partial charge in [-0.3, -0.25) is 0 Å². The van der Waals surface area contributed by atoms with Crippen molar-refractivity contribution < 1.29 is 4.39 Å². The minimum atomic E-state index is 0.438. The van der Waals surface area contributed by atoms with E-state index in [2.05, 4.69) is 70.7 Å². The largest absolute Gasteiger partial charge is 0.216 e. The molecular formula is C18H23F. The SMILES string of the molecule is C=C/C=C\F.CC1=C(C)C=C1.Cc1ccccc1C. The van der Waals surface area contributed by atoms with E-state index in [1.165, 1.54) is 34.4 Å². The third kappa shape index (κ3) is 7.93. The Balaban J connectivity index is 0.000000265. The van der Waals surface area contributed by atoms with Crippen molar-refractivity contribution in [1.29, 1.82) is 0 Å². The summed E-state index contributed by atoms with van der Waals surface area (Å²) in [7, 11) is 0. The zero-order chi connectivity index (χ0) is 14.7. The van der Waals surface area contributed by atoms with Crippen LogP contribution in [0.2, 0.25) is 0 Å². The summed E-state index contributed by atoms with van der Waals surface area (Å²) < 4.78 is 10.7. The topological polar surface area (TPSA) is 0 Å². The molecule has 1 aliphatic carbocycles. The van der Waals surface area contributed by atoms with E-state index < -0.39 is 0 Å². The molecule has 0 nitrogen and oxygen atoms in total. The Morgan fingerprint density at radius 3 is 1.42 bits per heavy atom. The monoisotopic (exact) mass is 258 g/mol. The Kier molecular flexibility index (Phi) is 9.07. The molecule has 0 saturated carbocycles. The molecule has 0 radical (unpaired) electrons. The van der Waals surface area contributed by atoms with Crippen LogP contribution in [0, 0.1) is 13.8 Å². The van der Waals surface area contributed by atoms with E-state index >= 15 is 0 Å². The van der Waals surface area contributed by atoms with Crippen LogP contribution in [0.1, 0.15) is 25.0 Å². The van der Waals surface area contributed by atoms with Crippen LogP contribution in [0.5, 0.6) is 0 Å². The number of halogens is 1. The third-order valence-electron chi connectivity index (χ3n) is 2.84. The van der Waals surface area contributed by atoms with Gasteiger partial charge in [-0.2, -0.15) is 0 Å². The lowest BCUT2D eigenvalue weighted by atomic mass is 10.0. The normalized spacial score (nSPS) is 12.1. The molecule has 0 atom stereocenters. The summed E-state index contributed by atoms with van der Waals surface area (Å²) in [6.07, 6.45) is 7.28. The van der Waals surface area contributed by atoms with Gasteiger partial charge in [-0.15, -0.1) is 0 Å². The van der Waals surface area contributed by atoms with Crippen molar-refractivity contribution in [3.63, 3.8) is 0 Å². The van der Waals surface area contributed by atoms with Crippen LogP contribution in [0.3, 0.4) is 0 Å². The lowest BCUT2D eigenvalue weighted by molar-refractivity contribution is 0.721. The summed E-state index contributed by atoms with van der Waals surface area (Å²) >= 11 is 0. The quantitative estimate of drug-likeness (QED) is 0.554. The molecule has 1 aromatic carbocycles. The Bertz CT molecular complexity index is 441. The fourth-order valence-corrected chi connectivity index (χ4v) is 1.13. The molecule has 0 amide bonds. The predicted octanol–water partition coefficient (Wildman–Crippen LogP) is 5.85. The second-order valence-corrected chi connectivity index (χ2v) is 4.34. The Morgan fingerprint density at radius 2 is 1.32 bits per heavy atom. The molecule has 0 fully saturated rings. The molecule has 1 aliphatic rings. The molecule has 0 spiro atoms. The molecule has 0 aromatic heterocycles. The summed E-state index contributed by atoms with van der Waals surface area (Å²) in [5, 5.41) is 0. The highest BCUT2D eigenvalue weighted by Gasteiger charge is 1.94. The van der Waals surface area contributed by atoms with Gasteiger partial charge >= 0.3 is 0 Å². The van der Waals surface area contributed by atoms with Crippen molar-refractivity contribution in [1.82, 2.24) is 0 Å². The van der Waals surface area contributed by atoms with Crippen LogP contribution in [0.25, 0.3) is 0 Å². The third-order valence-corrected chi connectivity index (χ3v) is 2.84. The highest BCUT2D eigenvalue weighted by molar-refractivity contribution is 5.41.